The van der Waals surface area contributed by atoms with E-state index in [0.717, 1.165) is 0 Å². The average molecular weight is 249 g/mol. The lowest BCUT2D eigenvalue weighted by Crippen LogP contribution is -2.32. The first kappa shape index (κ1) is 14.7. The fraction of sp³-hybridized carbons (Fsp3) is 1.00. The average Bonchev–Trinajstić information content (AvgIpc) is 1.98. The molecule has 0 radical (unpaired) electrons. The van der Waals surface area contributed by atoms with Crippen LogP contribution >= 0.6 is 0 Å². The van der Waals surface area contributed by atoms with E-state index in [0.29, 0.717) is 0 Å². The molecule has 0 bridgehead atoms. The van der Waals surface area contributed by atoms with Crippen molar-refractivity contribution in [1.82, 2.24) is 4.72 Å². The van der Waals surface area contributed by atoms with E-state index >= 15 is 0 Å². The van der Waals surface area contributed by atoms with Gasteiger partial charge in [0, 0.05) is 13.0 Å². The van der Waals surface area contributed by atoms with E-state index in [1.165, 1.54) is 6.92 Å². The molecule has 0 aliphatic rings. The summed E-state index contributed by atoms with van der Waals surface area (Å²) < 4.78 is 59.1. The molecule has 0 amide bonds. The Morgan fingerprint density at radius 3 is 2.33 bits per heavy atom. The molecule has 0 aromatic heterocycles. The van der Waals surface area contributed by atoms with Gasteiger partial charge >= 0.3 is 6.18 Å². The van der Waals surface area contributed by atoms with Crippen LogP contribution in [0.15, 0.2) is 0 Å². The maximum Gasteiger partial charge on any atom is 0.389 e. The molecule has 0 saturated carbocycles. The van der Waals surface area contributed by atoms with Gasteiger partial charge in [0.05, 0.1) is 11.9 Å². The van der Waals surface area contributed by atoms with E-state index < -0.39 is 40.9 Å². The molecule has 0 aromatic carbocycles. The van der Waals surface area contributed by atoms with Gasteiger partial charge in [0.2, 0.25) is 10.0 Å². The third kappa shape index (κ3) is 9.95. The predicted molar refractivity (Wildman–Crippen MR) is 48.8 cm³/mol. The highest BCUT2D eigenvalue weighted by Gasteiger charge is 2.27. The Morgan fingerprint density at radius 2 is 1.93 bits per heavy atom. The monoisotopic (exact) mass is 249 g/mol. The number of alkyl halides is 3. The second kappa shape index (κ2) is 5.66. The molecule has 0 fully saturated rings. The highest BCUT2D eigenvalue weighted by Crippen LogP contribution is 2.21. The summed E-state index contributed by atoms with van der Waals surface area (Å²) in [7, 11) is -3.71. The number of sulfonamides is 1. The lowest BCUT2D eigenvalue weighted by molar-refractivity contribution is -0.134. The number of halogens is 3. The summed E-state index contributed by atoms with van der Waals surface area (Å²) >= 11 is 0. The molecule has 0 saturated heterocycles. The summed E-state index contributed by atoms with van der Waals surface area (Å²) in [6.45, 7) is 1.19. The van der Waals surface area contributed by atoms with Gasteiger partial charge in [-0.05, 0) is 13.3 Å². The van der Waals surface area contributed by atoms with Gasteiger partial charge in [-0.2, -0.15) is 13.2 Å². The first-order chi connectivity index (χ1) is 6.62. The number of aliphatic hydroxyl groups excluding tert-OH is 1. The first-order valence-corrected chi connectivity index (χ1v) is 6.00. The Balaban J connectivity index is 3.85. The van der Waals surface area contributed by atoms with E-state index in [-0.39, 0.29) is 6.54 Å². The fourth-order valence-electron chi connectivity index (χ4n) is 0.782. The number of hydrogen-bond donors (Lipinski definition) is 2. The van der Waals surface area contributed by atoms with E-state index in [1.807, 2.05) is 4.72 Å². The molecule has 0 aliphatic carbocycles. The molecular formula is C7H14F3NO3S. The Morgan fingerprint density at radius 1 is 1.40 bits per heavy atom. The zero-order valence-corrected chi connectivity index (χ0v) is 9.03. The molecule has 0 spiro atoms. The molecule has 1 atom stereocenters. The van der Waals surface area contributed by atoms with Crippen molar-refractivity contribution < 1.29 is 26.7 Å². The summed E-state index contributed by atoms with van der Waals surface area (Å²) in [6.07, 6.45) is -6.79. The molecule has 0 unspecified atom stereocenters. The van der Waals surface area contributed by atoms with Crippen molar-refractivity contribution >= 4 is 10.0 Å². The van der Waals surface area contributed by atoms with Crippen LogP contribution in [0.25, 0.3) is 0 Å². The largest absolute Gasteiger partial charge is 0.392 e. The molecule has 2 N–H and O–H groups in total. The van der Waals surface area contributed by atoms with Gasteiger partial charge in [0.1, 0.15) is 0 Å². The van der Waals surface area contributed by atoms with Crippen LogP contribution in [0, 0.1) is 0 Å². The van der Waals surface area contributed by atoms with Crippen LogP contribution in [-0.4, -0.2) is 38.1 Å². The van der Waals surface area contributed by atoms with Crippen LogP contribution in [-0.2, 0) is 10.0 Å². The minimum atomic E-state index is -4.33. The van der Waals surface area contributed by atoms with Crippen molar-refractivity contribution in [3.05, 3.63) is 0 Å². The topological polar surface area (TPSA) is 66.4 Å². The second-order valence-corrected chi connectivity index (χ2v) is 5.16. The van der Waals surface area contributed by atoms with Gasteiger partial charge in [-0.3, -0.25) is 0 Å². The number of hydrogen-bond acceptors (Lipinski definition) is 3. The number of nitrogens with one attached hydrogen (secondary N) is 1. The van der Waals surface area contributed by atoms with Crippen LogP contribution in [0.4, 0.5) is 13.2 Å². The van der Waals surface area contributed by atoms with Gasteiger partial charge < -0.3 is 5.11 Å². The first-order valence-electron chi connectivity index (χ1n) is 4.34. The van der Waals surface area contributed by atoms with Gasteiger partial charge in [0.15, 0.2) is 0 Å². The van der Waals surface area contributed by atoms with E-state index in [1.54, 1.807) is 0 Å². The van der Waals surface area contributed by atoms with Crippen LogP contribution in [0.5, 0.6) is 0 Å². The van der Waals surface area contributed by atoms with Crippen molar-refractivity contribution in [2.75, 3.05) is 12.3 Å². The highest BCUT2D eigenvalue weighted by molar-refractivity contribution is 7.89. The Hall–Kier alpha value is -0.340. The Bertz CT molecular complexity index is 274. The zero-order chi connectivity index (χ0) is 12.1. The maximum absolute atomic E-state index is 11.7. The van der Waals surface area contributed by atoms with E-state index in [9.17, 15) is 21.6 Å². The fourth-order valence-corrected chi connectivity index (χ4v) is 1.95. The second-order valence-electron chi connectivity index (χ2n) is 3.24. The van der Waals surface area contributed by atoms with Crippen LogP contribution in [0.3, 0.4) is 0 Å². The molecule has 92 valence electrons. The van der Waals surface area contributed by atoms with Crippen molar-refractivity contribution in [3.8, 4) is 0 Å². The molecule has 8 heteroatoms. The maximum atomic E-state index is 11.7. The lowest BCUT2D eigenvalue weighted by atomic mass is 10.3. The van der Waals surface area contributed by atoms with Crippen molar-refractivity contribution in [1.29, 1.82) is 0 Å². The quantitative estimate of drug-likeness (QED) is 0.725. The van der Waals surface area contributed by atoms with E-state index in [2.05, 4.69) is 0 Å². The summed E-state index contributed by atoms with van der Waals surface area (Å²) in [4.78, 5) is 0. The summed E-state index contributed by atoms with van der Waals surface area (Å²) in [5.74, 6) is -0.584. The summed E-state index contributed by atoms with van der Waals surface area (Å²) in [5, 5.41) is 8.76. The molecular weight excluding hydrogens is 235 g/mol. The van der Waals surface area contributed by atoms with Crippen LogP contribution in [0.1, 0.15) is 19.8 Å². The Kier molecular flexibility index (Phi) is 5.54. The lowest BCUT2D eigenvalue weighted by Gasteiger charge is -2.09. The Labute approximate surface area is 86.5 Å². The smallest absolute Gasteiger partial charge is 0.389 e. The molecule has 4 nitrogen and oxygen atoms in total. The van der Waals surface area contributed by atoms with Crippen molar-refractivity contribution in [2.45, 2.75) is 32.0 Å². The normalized spacial score (nSPS) is 15.3. The molecule has 0 aliphatic heterocycles. The molecule has 0 heterocycles. The highest BCUT2D eigenvalue weighted by atomic mass is 32.2. The van der Waals surface area contributed by atoms with Crippen molar-refractivity contribution in [3.63, 3.8) is 0 Å². The number of rotatable bonds is 6. The van der Waals surface area contributed by atoms with Gasteiger partial charge in [-0.1, -0.05) is 0 Å². The minimum Gasteiger partial charge on any atom is -0.392 e. The van der Waals surface area contributed by atoms with Gasteiger partial charge in [0.25, 0.3) is 0 Å². The summed E-state index contributed by atoms with van der Waals surface area (Å²) in [5.41, 5.74) is 0. The van der Waals surface area contributed by atoms with Crippen LogP contribution in [0.2, 0.25) is 0 Å². The third-order valence-electron chi connectivity index (χ3n) is 1.47. The molecule has 0 aromatic rings. The standard InChI is InChI=1S/C7H14F3NO3S/c1-6(12)5-11-15(13,14)4-2-3-7(8,9)10/h6,11-12H,2-5H2,1H3/t6-/m0/s1. The van der Waals surface area contributed by atoms with Gasteiger partial charge in [-0.25, -0.2) is 13.1 Å². The van der Waals surface area contributed by atoms with Crippen LogP contribution < -0.4 is 4.72 Å². The summed E-state index contributed by atoms with van der Waals surface area (Å²) in [6, 6.07) is 0. The van der Waals surface area contributed by atoms with E-state index in [4.69, 9.17) is 5.11 Å². The molecule has 0 rings (SSSR count). The van der Waals surface area contributed by atoms with Crippen molar-refractivity contribution in [2.24, 2.45) is 0 Å². The zero-order valence-electron chi connectivity index (χ0n) is 8.21. The minimum absolute atomic E-state index is 0.186. The predicted octanol–water partition coefficient (Wildman–Crippen LogP) is 0.629. The SMILES string of the molecule is C[C@H](O)CNS(=O)(=O)CCCC(F)(F)F. The van der Waals surface area contributed by atoms with Gasteiger partial charge in [-0.15, -0.1) is 0 Å². The number of aliphatic hydroxyl groups is 1. The third-order valence-corrected chi connectivity index (χ3v) is 2.90. The molecule has 15 heavy (non-hydrogen) atoms.